The first-order valence-corrected chi connectivity index (χ1v) is 10.1. The first-order chi connectivity index (χ1) is 13.2. The van der Waals surface area contributed by atoms with E-state index in [0.29, 0.717) is 11.4 Å². The Balaban J connectivity index is 1.24. The van der Waals surface area contributed by atoms with Crippen LogP contribution < -0.4 is 10.6 Å². The molecule has 0 aliphatic rings. The average Bonchev–Trinajstić information content (AvgIpc) is 3.29. The van der Waals surface area contributed by atoms with Crippen molar-refractivity contribution in [2.45, 2.75) is 0 Å². The molecular weight excluding hydrogens is 380 g/mol. The van der Waals surface area contributed by atoms with E-state index >= 15 is 0 Å². The minimum absolute atomic E-state index is 0.182. The summed E-state index contributed by atoms with van der Waals surface area (Å²) in [6.07, 6.45) is 0. The zero-order chi connectivity index (χ0) is 18.6. The van der Waals surface area contributed by atoms with Gasteiger partial charge in [0.1, 0.15) is 13.2 Å². The first-order valence-electron chi connectivity index (χ1n) is 8.29. The molecule has 0 bridgehead atoms. The highest BCUT2D eigenvalue weighted by atomic mass is 32.1. The highest BCUT2D eigenvalue weighted by Gasteiger charge is 2.08. The third-order valence-electron chi connectivity index (χ3n) is 3.94. The molecule has 4 aromatic rings. The standard InChI is InChI=1S/C20H16N2O3S2/c23-19(21-15-1-3-17-13(9-15)5-7-26-17)11-25-12-20(24)22-16-2-4-18-14(10-16)6-8-27-18/h1-10H,11-12H2,(H,21,23)(H,22,24). The van der Waals surface area contributed by atoms with E-state index in [9.17, 15) is 9.59 Å². The Morgan fingerprint density at radius 3 is 1.70 bits per heavy atom. The minimum atomic E-state index is -0.294. The SMILES string of the molecule is O=C(COCC(=O)Nc1ccc2sccc2c1)Nc1ccc2sccc2c1. The molecule has 2 aromatic carbocycles. The number of amides is 2. The summed E-state index contributed by atoms with van der Waals surface area (Å²) >= 11 is 3.30. The maximum absolute atomic E-state index is 12.0. The fourth-order valence-corrected chi connectivity index (χ4v) is 4.26. The number of nitrogens with one attached hydrogen (secondary N) is 2. The second-order valence-electron chi connectivity index (χ2n) is 5.94. The fourth-order valence-electron chi connectivity index (χ4n) is 2.72. The lowest BCUT2D eigenvalue weighted by Crippen LogP contribution is -2.23. The van der Waals surface area contributed by atoms with Gasteiger partial charge in [-0.25, -0.2) is 0 Å². The van der Waals surface area contributed by atoms with Crippen molar-refractivity contribution in [2.75, 3.05) is 23.8 Å². The third kappa shape index (κ3) is 4.33. The number of thiophene rings is 2. The number of rotatable bonds is 6. The Kier molecular flexibility index (Phi) is 5.15. The monoisotopic (exact) mass is 396 g/mol. The van der Waals surface area contributed by atoms with Crippen molar-refractivity contribution in [1.82, 2.24) is 0 Å². The van der Waals surface area contributed by atoms with E-state index in [0.717, 1.165) is 10.8 Å². The number of carbonyl (C=O) groups excluding carboxylic acids is 2. The average molecular weight is 396 g/mol. The molecule has 0 atom stereocenters. The molecule has 0 saturated carbocycles. The Bertz CT molecular complexity index is 1030. The van der Waals surface area contributed by atoms with Crippen LogP contribution in [0.4, 0.5) is 11.4 Å². The molecule has 2 heterocycles. The fraction of sp³-hybridized carbons (Fsp3) is 0.100. The number of hydrogen-bond acceptors (Lipinski definition) is 5. The molecule has 4 rings (SSSR count). The molecule has 136 valence electrons. The van der Waals surface area contributed by atoms with Crippen molar-refractivity contribution in [3.63, 3.8) is 0 Å². The molecule has 2 N–H and O–H groups in total. The van der Waals surface area contributed by atoms with E-state index in [1.165, 1.54) is 9.40 Å². The molecule has 5 nitrogen and oxygen atoms in total. The van der Waals surface area contributed by atoms with Crippen molar-refractivity contribution in [2.24, 2.45) is 0 Å². The van der Waals surface area contributed by atoms with Crippen LogP contribution in [0.1, 0.15) is 0 Å². The molecule has 7 heteroatoms. The summed E-state index contributed by atoms with van der Waals surface area (Å²) < 4.78 is 7.56. The molecule has 2 aromatic heterocycles. The molecular formula is C20H16N2O3S2. The van der Waals surface area contributed by atoms with Gasteiger partial charge < -0.3 is 15.4 Å². The number of fused-ring (bicyclic) bond motifs is 2. The number of carbonyl (C=O) groups is 2. The molecule has 2 amide bonds. The second kappa shape index (κ2) is 7.87. The van der Waals surface area contributed by atoms with Gasteiger partial charge in [-0.3, -0.25) is 9.59 Å². The highest BCUT2D eigenvalue weighted by molar-refractivity contribution is 7.17. The maximum atomic E-state index is 12.0. The number of benzene rings is 2. The van der Waals surface area contributed by atoms with Crippen LogP contribution >= 0.6 is 22.7 Å². The van der Waals surface area contributed by atoms with Crippen LogP contribution in [0.5, 0.6) is 0 Å². The quantitative estimate of drug-likeness (QED) is 0.496. The number of ether oxygens (including phenoxy) is 1. The molecule has 0 unspecified atom stereocenters. The van der Waals surface area contributed by atoms with E-state index in [1.54, 1.807) is 22.7 Å². The Morgan fingerprint density at radius 2 is 1.22 bits per heavy atom. The van der Waals surface area contributed by atoms with Crippen LogP contribution in [0.15, 0.2) is 59.3 Å². The van der Waals surface area contributed by atoms with Crippen LogP contribution in [0.3, 0.4) is 0 Å². The van der Waals surface area contributed by atoms with E-state index in [1.807, 2.05) is 59.3 Å². The van der Waals surface area contributed by atoms with E-state index in [-0.39, 0.29) is 25.0 Å². The lowest BCUT2D eigenvalue weighted by Gasteiger charge is -2.08. The Hall–Kier alpha value is -2.74. The summed E-state index contributed by atoms with van der Waals surface area (Å²) in [5.74, 6) is -0.589. The normalized spacial score (nSPS) is 11.0. The summed E-state index contributed by atoms with van der Waals surface area (Å²) in [5.41, 5.74) is 1.42. The van der Waals surface area contributed by atoms with Gasteiger partial charge in [-0.1, -0.05) is 0 Å². The second-order valence-corrected chi connectivity index (χ2v) is 7.83. The largest absolute Gasteiger partial charge is 0.362 e. The van der Waals surface area contributed by atoms with Gasteiger partial charge >= 0.3 is 0 Å². The van der Waals surface area contributed by atoms with Crippen molar-refractivity contribution in [3.05, 3.63) is 59.3 Å². The molecule has 27 heavy (non-hydrogen) atoms. The predicted molar refractivity (Wildman–Crippen MR) is 112 cm³/mol. The Morgan fingerprint density at radius 1 is 0.741 bits per heavy atom. The number of anilines is 2. The molecule has 0 radical (unpaired) electrons. The zero-order valence-corrected chi connectivity index (χ0v) is 15.9. The summed E-state index contributed by atoms with van der Waals surface area (Å²) in [6, 6.07) is 15.5. The zero-order valence-electron chi connectivity index (χ0n) is 14.2. The third-order valence-corrected chi connectivity index (χ3v) is 5.73. The minimum Gasteiger partial charge on any atom is -0.362 e. The van der Waals surface area contributed by atoms with Crippen molar-refractivity contribution in [1.29, 1.82) is 0 Å². The summed E-state index contributed by atoms with van der Waals surface area (Å²) in [4.78, 5) is 24.0. The smallest absolute Gasteiger partial charge is 0.250 e. The molecule has 0 spiro atoms. The van der Waals surface area contributed by atoms with E-state index in [4.69, 9.17) is 4.74 Å². The predicted octanol–water partition coefficient (Wildman–Crippen LogP) is 4.71. The van der Waals surface area contributed by atoms with Crippen LogP contribution in [-0.2, 0) is 14.3 Å². The van der Waals surface area contributed by atoms with E-state index < -0.39 is 0 Å². The van der Waals surface area contributed by atoms with Gasteiger partial charge in [-0.15, -0.1) is 22.7 Å². The molecule has 0 aliphatic heterocycles. The lowest BCUT2D eigenvalue weighted by molar-refractivity contribution is -0.125. The van der Waals surface area contributed by atoms with Gasteiger partial charge in [0.05, 0.1) is 0 Å². The topological polar surface area (TPSA) is 67.4 Å². The number of hydrogen-bond donors (Lipinski definition) is 2. The van der Waals surface area contributed by atoms with Gasteiger partial charge in [0, 0.05) is 20.8 Å². The van der Waals surface area contributed by atoms with Gasteiger partial charge in [0.15, 0.2) is 0 Å². The van der Waals surface area contributed by atoms with Gasteiger partial charge in [0.2, 0.25) is 11.8 Å². The summed E-state index contributed by atoms with van der Waals surface area (Å²) in [5, 5.41) is 11.7. The van der Waals surface area contributed by atoms with Crippen molar-refractivity contribution in [3.8, 4) is 0 Å². The van der Waals surface area contributed by atoms with Crippen LogP contribution in [0, 0.1) is 0 Å². The molecule has 0 saturated heterocycles. The van der Waals surface area contributed by atoms with Crippen LogP contribution in [0.25, 0.3) is 20.2 Å². The highest BCUT2D eigenvalue weighted by Crippen LogP contribution is 2.24. The van der Waals surface area contributed by atoms with Crippen molar-refractivity contribution >= 4 is 66.0 Å². The first kappa shape index (κ1) is 17.7. The van der Waals surface area contributed by atoms with Gasteiger partial charge in [-0.05, 0) is 70.1 Å². The molecule has 0 aliphatic carbocycles. The maximum Gasteiger partial charge on any atom is 0.250 e. The van der Waals surface area contributed by atoms with E-state index in [2.05, 4.69) is 10.6 Å². The van der Waals surface area contributed by atoms with Gasteiger partial charge in [0.25, 0.3) is 0 Å². The Labute approximate surface area is 163 Å². The summed E-state index contributed by atoms with van der Waals surface area (Å²) in [6.45, 7) is -0.364. The molecule has 0 fully saturated rings. The van der Waals surface area contributed by atoms with Crippen LogP contribution in [-0.4, -0.2) is 25.0 Å². The lowest BCUT2D eigenvalue weighted by atomic mass is 10.2. The van der Waals surface area contributed by atoms with Crippen molar-refractivity contribution < 1.29 is 14.3 Å². The van der Waals surface area contributed by atoms with Crippen LogP contribution in [0.2, 0.25) is 0 Å². The summed E-state index contributed by atoms with van der Waals surface area (Å²) in [7, 11) is 0. The van der Waals surface area contributed by atoms with Gasteiger partial charge in [-0.2, -0.15) is 0 Å².